The van der Waals surface area contributed by atoms with Crippen molar-refractivity contribution in [2.45, 2.75) is 13.0 Å². The Balaban J connectivity index is 2.31. The maximum Gasteiger partial charge on any atom is 0.165 e. The summed E-state index contributed by atoms with van der Waals surface area (Å²) in [5, 5.41) is 9.76. The van der Waals surface area contributed by atoms with Crippen molar-refractivity contribution < 1.29 is 14.2 Å². The van der Waals surface area contributed by atoms with Crippen LogP contribution < -0.4 is 4.74 Å². The van der Waals surface area contributed by atoms with Gasteiger partial charge in [-0.25, -0.2) is 4.39 Å². The molecule has 0 aliphatic carbocycles. The quantitative estimate of drug-likeness (QED) is 0.840. The third-order valence-electron chi connectivity index (χ3n) is 2.55. The van der Waals surface area contributed by atoms with Crippen molar-refractivity contribution in [2.75, 3.05) is 0 Å². The van der Waals surface area contributed by atoms with Crippen molar-refractivity contribution in [2.24, 2.45) is 0 Å². The van der Waals surface area contributed by atoms with Crippen molar-refractivity contribution in [1.82, 2.24) is 0 Å². The van der Waals surface area contributed by atoms with Crippen LogP contribution in [0.3, 0.4) is 0 Å². The second-order valence-corrected chi connectivity index (χ2v) is 5.37. The second kappa shape index (κ2) is 5.90. The van der Waals surface area contributed by atoms with E-state index in [1.165, 1.54) is 12.1 Å². The topological polar surface area (TPSA) is 29.5 Å². The average molecular weight is 346 g/mol. The number of aliphatic hydroxyl groups excluding tert-OH is 1. The normalized spacial score (nSPS) is 12.3. The molecule has 0 unspecified atom stereocenters. The van der Waals surface area contributed by atoms with E-state index in [0.29, 0.717) is 20.8 Å². The predicted molar refractivity (Wildman–Crippen MR) is 76.3 cm³/mol. The first-order valence-corrected chi connectivity index (χ1v) is 6.75. The molecule has 2 aromatic carbocycles. The average Bonchev–Trinajstić information content (AvgIpc) is 2.36. The van der Waals surface area contributed by atoms with Crippen LogP contribution in [0.15, 0.2) is 40.9 Å². The maximum absolute atomic E-state index is 13.6. The van der Waals surface area contributed by atoms with Crippen LogP contribution in [-0.4, -0.2) is 5.11 Å². The molecule has 1 atom stereocenters. The van der Waals surface area contributed by atoms with Crippen molar-refractivity contribution >= 4 is 27.5 Å². The molecule has 2 aromatic rings. The summed E-state index contributed by atoms with van der Waals surface area (Å²) in [6, 6.07) is 9.29. The smallest absolute Gasteiger partial charge is 0.165 e. The predicted octanol–water partition coefficient (Wildman–Crippen LogP) is 5.09. The molecule has 0 saturated heterocycles. The molecule has 2 nitrogen and oxygen atoms in total. The van der Waals surface area contributed by atoms with Crippen LogP contribution in [0.25, 0.3) is 0 Å². The van der Waals surface area contributed by atoms with Gasteiger partial charge in [0.1, 0.15) is 5.75 Å². The third-order valence-corrected chi connectivity index (χ3v) is 3.34. The number of ether oxygens (including phenoxy) is 1. The zero-order valence-electron chi connectivity index (χ0n) is 10.0. The van der Waals surface area contributed by atoms with Crippen LogP contribution in [0.1, 0.15) is 18.6 Å². The first-order valence-electron chi connectivity index (χ1n) is 5.58. The highest BCUT2D eigenvalue weighted by atomic mass is 79.9. The summed E-state index contributed by atoms with van der Waals surface area (Å²) in [6.07, 6.45) is -0.617. The zero-order chi connectivity index (χ0) is 14.0. The summed E-state index contributed by atoms with van der Waals surface area (Å²) in [6.45, 7) is 1.64. The van der Waals surface area contributed by atoms with Crippen molar-refractivity contribution in [1.29, 1.82) is 0 Å². The molecule has 0 amide bonds. The molecule has 0 saturated carbocycles. The van der Waals surface area contributed by atoms with Crippen LogP contribution in [-0.2, 0) is 0 Å². The van der Waals surface area contributed by atoms with E-state index in [1.807, 2.05) is 0 Å². The molecule has 0 spiro atoms. The van der Waals surface area contributed by atoms with Crippen LogP contribution in [0.4, 0.5) is 4.39 Å². The fourth-order valence-corrected chi connectivity index (χ4v) is 2.10. The van der Waals surface area contributed by atoms with Gasteiger partial charge in [-0.15, -0.1) is 0 Å². The molecule has 5 heteroatoms. The van der Waals surface area contributed by atoms with Gasteiger partial charge in [-0.3, -0.25) is 0 Å². The maximum atomic E-state index is 13.6. The summed E-state index contributed by atoms with van der Waals surface area (Å²) in [7, 11) is 0. The standard InChI is InChI=1S/C14H11BrClFO2/c1-8(18)9-2-5-13(11(16)6-9)19-14-7-10(15)3-4-12(14)17/h2-8,18H,1H3/t8-/m1/s1. The molecule has 0 aromatic heterocycles. The fourth-order valence-electron chi connectivity index (χ4n) is 1.53. The monoisotopic (exact) mass is 344 g/mol. The number of hydrogen-bond donors (Lipinski definition) is 1. The molecule has 0 heterocycles. The summed E-state index contributed by atoms with van der Waals surface area (Å²) in [5.41, 5.74) is 0.673. The molecule has 100 valence electrons. The van der Waals surface area contributed by atoms with E-state index in [1.54, 1.807) is 31.2 Å². The Bertz CT molecular complexity index is 602. The highest BCUT2D eigenvalue weighted by Crippen LogP contribution is 2.33. The van der Waals surface area contributed by atoms with Gasteiger partial charge in [0.05, 0.1) is 11.1 Å². The minimum Gasteiger partial charge on any atom is -0.453 e. The summed E-state index contributed by atoms with van der Waals surface area (Å²) >= 11 is 9.29. The van der Waals surface area contributed by atoms with Crippen LogP contribution in [0.5, 0.6) is 11.5 Å². The Morgan fingerprint density at radius 3 is 2.58 bits per heavy atom. The lowest BCUT2D eigenvalue weighted by Gasteiger charge is -2.11. The molecule has 19 heavy (non-hydrogen) atoms. The molecule has 0 aliphatic rings. The summed E-state index contributed by atoms with van der Waals surface area (Å²) < 4.78 is 19.7. The van der Waals surface area contributed by atoms with Gasteiger partial charge < -0.3 is 9.84 Å². The Hall–Kier alpha value is -1.10. The molecule has 2 rings (SSSR count). The number of benzene rings is 2. The van der Waals surface area contributed by atoms with Crippen molar-refractivity contribution in [3.8, 4) is 11.5 Å². The number of hydrogen-bond acceptors (Lipinski definition) is 2. The molecule has 0 bridgehead atoms. The minimum absolute atomic E-state index is 0.0843. The second-order valence-electron chi connectivity index (χ2n) is 4.04. The molecular formula is C14H11BrClFO2. The van der Waals surface area contributed by atoms with Crippen LogP contribution in [0, 0.1) is 5.82 Å². The Morgan fingerprint density at radius 1 is 1.21 bits per heavy atom. The largest absolute Gasteiger partial charge is 0.453 e. The van der Waals surface area contributed by atoms with Gasteiger partial charge in [-0.05, 0) is 42.8 Å². The van der Waals surface area contributed by atoms with Crippen molar-refractivity contribution in [3.63, 3.8) is 0 Å². The highest BCUT2D eigenvalue weighted by molar-refractivity contribution is 9.10. The van der Waals surface area contributed by atoms with E-state index in [-0.39, 0.29) is 5.75 Å². The van der Waals surface area contributed by atoms with E-state index in [9.17, 15) is 9.50 Å². The van der Waals surface area contributed by atoms with E-state index >= 15 is 0 Å². The van der Waals surface area contributed by atoms with Gasteiger partial charge in [0.15, 0.2) is 11.6 Å². The van der Waals surface area contributed by atoms with E-state index < -0.39 is 11.9 Å². The van der Waals surface area contributed by atoms with Gasteiger partial charge in [0.2, 0.25) is 0 Å². The van der Waals surface area contributed by atoms with Gasteiger partial charge in [-0.1, -0.05) is 33.6 Å². The fraction of sp³-hybridized carbons (Fsp3) is 0.143. The van der Waals surface area contributed by atoms with Gasteiger partial charge in [0, 0.05) is 4.47 Å². The van der Waals surface area contributed by atoms with E-state index in [0.717, 1.165) is 0 Å². The van der Waals surface area contributed by atoms with E-state index in [2.05, 4.69) is 15.9 Å². The lowest BCUT2D eigenvalue weighted by molar-refractivity contribution is 0.199. The number of rotatable bonds is 3. The summed E-state index contributed by atoms with van der Waals surface area (Å²) in [4.78, 5) is 0. The number of halogens is 3. The van der Waals surface area contributed by atoms with Gasteiger partial charge >= 0.3 is 0 Å². The third kappa shape index (κ3) is 3.47. The lowest BCUT2D eigenvalue weighted by Crippen LogP contribution is -1.93. The Kier molecular flexibility index (Phi) is 4.45. The highest BCUT2D eigenvalue weighted by Gasteiger charge is 2.10. The van der Waals surface area contributed by atoms with E-state index in [4.69, 9.17) is 16.3 Å². The SMILES string of the molecule is C[C@@H](O)c1ccc(Oc2cc(Br)ccc2F)c(Cl)c1. The molecular weight excluding hydrogens is 335 g/mol. The molecule has 0 aliphatic heterocycles. The van der Waals surface area contributed by atoms with Gasteiger partial charge in [-0.2, -0.15) is 0 Å². The first kappa shape index (κ1) is 14.3. The Morgan fingerprint density at radius 2 is 1.95 bits per heavy atom. The summed E-state index contributed by atoms with van der Waals surface area (Å²) in [5.74, 6) is -0.0528. The molecule has 0 fully saturated rings. The van der Waals surface area contributed by atoms with Gasteiger partial charge in [0.25, 0.3) is 0 Å². The lowest BCUT2D eigenvalue weighted by atomic mass is 10.1. The number of aliphatic hydroxyl groups is 1. The minimum atomic E-state index is -0.617. The molecule has 1 N–H and O–H groups in total. The van der Waals surface area contributed by atoms with Crippen LogP contribution >= 0.6 is 27.5 Å². The zero-order valence-corrected chi connectivity index (χ0v) is 12.4. The first-order chi connectivity index (χ1) is 8.97. The Labute approximate surface area is 123 Å². The van der Waals surface area contributed by atoms with Crippen LogP contribution in [0.2, 0.25) is 5.02 Å². The molecule has 0 radical (unpaired) electrons. The van der Waals surface area contributed by atoms with Crippen molar-refractivity contribution in [3.05, 3.63) is 57.3 Å².